The van der Waals surface area contributed by atoms with Gasteiger partial charge >= 0.3 is 0 Å². The van der Waals surface area contributed by atoms with Gasteiger partial charge in [-0.15, -0.1) is 0 Å². The number of benzene rings is 1. The maximum absolute atomic E-state index is 3.59. The first-order chi connectivity index (χ1) is 7.43. The largest absolute Gasteiger partial charge is 0.311 e. The Morgan fingerprint density at radius 3 is 2.80 bits per heavy atom. The average molecular weight is 202 g/mol. The first kappa shape index (κ1) is 9.37. The molecule has 2 atom stereocenters. The van der Waals surface area contributed by atoms with E-state index in [4.69, 9.17) is 0 Å². The van der Waals surface area contributed by atoms with Crippen LogP contribution in [0.4, 0.5) is 0 Å². The van der Waals surface area contributed by atoms with Crippen LogP contribution in [0.2, 0.25) is 0 Å². The number of hydrogen-bond donors (Lipinski definition) is 1. The fourth-order valence-electron chi connectivity index (χ4n) is 2.73. The van der Waals surface area contributed by atoms with E-state index in [-0.39, 0.29) is 0 Å². The number of fused-ring (bicyclic) bond motifs is 1. The van der Waals surface area contributed by atoms with E-state index in [2.05, 4.69) is 40.5 Å². The van der Waals surface area contributed by atoms with E-state index in [1.54, 1.807) is 0 Å². The van der Waals surface area contributed by atoms with Crippen LogP contribution in [-0.2, 0) is 6.54 Å². The molecule has 2 nitrogen and oxygen atoms in total. The minimum absolute atomic E-state index is 0.780. The quantitative estimate of drug-likeness (QED) is 0.784. The summed E-state index contributed by atoms with van der Waals surface area (Å²) in [6.07, 6.45) is 2.75. The summed E-state index contributed by atoms with van der Waals surface area (Å²) in [5, 5.41) is 3.59. The van der Waals surface area contributed by atoms with Crippen molar-refractivity contribution >= 4 is 0 Å². The summed E-state index contributed by atoms with van der Waals surface area (Å²) in [4.78, 5) is 2.64. The van der Waals surface area contributed by atoms with Crippen molar-refractivity contribution in [2.75, 3.05) is 13.1 Å². The molecule has 0 unspecified atom stereocenters. The molecule has 80 valence electrons. The lowest BCUT2D eigenvalue weighted by molar-refractivity contribution is 0.0459. The lowest BCUT2D eigenvalue weighted by Crippen LogP contribution is -2.62. The molecule has 0 spiro atoms. The second kappa shape index (κ2) is 3.95. The molecule has 2 heteroatoms. The smallest absolute Gasteiger partial charge is 0.0254 e. The second-order valence-corrected chi connectivity index (χ2v) is 4.66. The molecular weight excluding hydrogens is 184 g/mol. The Labute approximate surface area is 91.3 Å². The summed E-state index contributed by atoms with van der Waals surface area (Å²) >= 11 is 0. The SMILES string of the molecule is c1ccc(CN2CCN[C@H]3CC[C@H]32)cc1. The van der Waals surface area contributed by atoms with Crippen LogP contribution in [0.3, 0.4) is 0 Å². The van der Waals surface area contributed by atoms with Crippen LogP contribution in [0, 0.1) is 0 Å². The number of piperazine rings is 1. The van der Waals surface area contributed by atoms with Crippen molar-refractivity contribution in [1.29, 1.82) is 0 Å². The molecule has 1 N–H and O–H groups in total. The van der Waals surface area contributed by atoms with E-state index in [9.17, 15) is 0 Å². The molecule has 0 radical (unpaired) electrons. The Morgan fingerprint density at radius 1 is 1.20 bits per heavy atom. The monoisotopic (exact) mass is 202 g/mol. The van der Waals surface area contributed by atoms with Crippen LogP contribution in [0.5, 0.6) is 0 Å². The molecule has 2 fully saturated rings. The topological polar surface area (TPSA) is 15.3 Å². The Morgan fingerprint density at radius 2 is 2.07 bits per heavy atom. The van der Waals surface area contributed by atoms with Crippen molar-refractivity contribution in [3.63, 3.8) is 0 Å². The number of nitrogens with zero attached hydrogens (tertiary/aromatic N) is 1. The number of rotatable bonds is 2. The number of hydrogen-bond acceptors (Lipinski definition) is 2. The Balaban J connectivity index is 1.67. The lowest BCUT2D eigenvalue weighted by Gasteiger charge is -2.49. The first-order valence-corrected chi connectivity index (χ1v) is 5.95. The fourth-order valence-corrected chi connectivity index (χ4v) is 2.73. The summed E-state index contributed by atoms with van der Waals surface area (Å²) in [5.41, 5.74) is 1.45. The number of nitrogens with one attached hydrogen (secondary N) is 1. The first-order valence-electron chi connectivity index (χ1n) is 5.95. The molecule has 0 aromatic heterocycles. The molecule has 1 saturated carbocycles. The van der Waals surface area contributed by atoms with Crippen molar-refractivity contribution in [3.05, 3.63) is 35.9 Å². The van der Waals surface area contributed by atoms with E-state index in [0.29, 0.717) is 0 Å². The summed E-state index contributed by atoms with van der Waals surface area (Å²) in [5.74, 6) is 0. The van der Waals surface area contributed by atoms with Gasteiger partial charge in [0, 0.05) is 31.7 Å². The molecule has 1 aliphatic heterocycles. The second-order valence-electron chi connectivity index (χ2n) is 4.66. The van der Waals surface area contributed by atoms with Crippen molar-refractivity contribution in [2.45, 2.75) is 31.5 Å². The van der Waals surface area contributed by atoms with Gasteiger partial charge in [-0.05, 0) is 18.4 Å². The van der Waals surface area contributed by atoms with Gasteiger partial charge in [0.25, 0.3) is 0 Å². The molecule has 15 heavy (non-hydrogen) atoms. The minimum Gasteiger partial charge on any atom is -0.311 e. The van der Waals surface area contributed by atoms with Crippen molar-refractivity contribution in [3.8, 4) is 0 Å². The van der Waals surface area contributed by atoms with Crippen LogP contribution in [0.1, 0.15) is 18.4 Å². The van der Waals surface area contributed by atoms with Crippen molar-refractivity contribution in [1.82, 2.24) is 10.2 Å². The van der Waals surface area contributed by atoms with Gasteiger partial charge in [-0.2, -0.15) is 0 Å². The maximum atomic E-state index is 3.59. The van der Waals surface area contributed by atoms with E-state index in [1.165, 1.54) is 24.9 Å². The molecule has 1 aliphatic carbocycles. The molecule has 0 bridgehead atoms. The standard InChI is InChI=1S/C13H18N2/c1-2-4-11(5-3-1)10-15-9-8-14-12-6-7-13(12)15/h1-5,12-14H,6-10H2/t12-,13+/m0/s1. The van der Waals surface area contributed by atoms with E-state index >= 15 is 0 Å². The van der Waals surface area contributed by atoms with Crippen LogP contribution < -0.4 is 5.32 Å². The molecule has 1 saturated heterocycles. The molecule has 2 aliphatic rings. The highest BCUT2D eigenvalue weighted by atomic mass is 15.2. The summed E-state index contributed by atoms with van der Waals surface area (Å²) in [6.45, 7) is 3.49. The highest BCUT2D eigenvalue weighted by Gasteiger charge is 2.37. The zero-order chi connectivity index (χ0) is 10.1. The highest BCUT2D eigenvalue weighted by Crippen LogP contribution is 2.29. The van der Waals surface area contributed by atoms with Crippen LogP contribution in [0.25, 0.3) is 0 Å². The van der Waals surface area contributed by atoms with Crippen molar-refractivity contribution in [2.24, 2.45) is 0 Å². The van der Waals surface area contributed by atoms with E-state index < -0.39 is 0 Å². The van der Waals surface area contributed by atoms with E-state index in [1.807, 2.05) is 0 Å². The van der Waals surface area contributed by atoms with Gasteiger partial charge in [0.15, 0.2) is 0 Å². The zero-order valence-electron chi connectivity index (χ0n) is 9.02. The van der Waals surface area contributed by atoms with Crippen molar-refractivity contribution < 1.29 is 0 Å². The van der Waals surface area contributed by atoms with Gasteiger partial charge in [-0.1, -0.05) is 30.3 Å². The van der Waals surface area contributed by atoms with Gasteiger partial charge < -0.3 is 5.32 Å². The molecule has 0 amide bonds. The molecule has 3 rings (SSSR count). The predicted molar refractivity (Wildman–Crippen MR) is 61.7 cm³/mol. The summed E-state index contributed by atoms with van der Waals surface area (Å²) in [6, 6.07) is 12.4. The van der Waals surface area contributed by atoms with Crippen LogP contribution >= 0.6 is 0 Å². The predicted octanol–water partition coefficient (Wildman–Crippen LogP) is 1.62. The van der Waals surface area contributed by atoms with Gasteiger partial charge in [0.05, 0.1) is 0 Å². The third-order valence-corrected chi connectivity index (χ3v) is 3.74. The highest BCUT2D eigenvalue weighted by molar-refractivity contribution is 5.15. The van der Waals surface area contributed by atoms with Gasteiger partial charge in [-0.3, -0.25) is 4.90 Å². The molecule has 1 heterocycles. The Bertz CT molecular complexity index is 323. The Kier molecular flexibility index (Phi) is 2.47. The fraction of sp³-hybridized carbons (Fsp3) is 0.538. The lowest BCUT2D eigenvalue weighted by atomic mass is 9.83. The normalized spacial score (nSPS) is 30.7. The van der Waals surface area contributed by atoms with Gasteiger partial charge in [-0.25, -0.2) is 0 Å². The van der Waals surface area contributed by atoms with Crippen LogP contribution in [0.15, 0.2) is 30.3 Å². The molecular formula is C13H18N2. The van der Waals surface area contributed by atoms with Gasteiger partial charge in [0.2, 0.25) is 0 Å². The zero-order valence-corrected chi connectivity index (χ0v) is 9.02. The summed E-state index contributed by atoms with van der Waals surface area (Å²) in [7, 11) is 0. The minimum atomic E-state index is 0.780. The Hall–Kier alpha value is -0.860. The molecule has 1 aromatic carbocycles. The third kappa shape index (κ3) is 1.80. The summed E-state index contributed by atoms with van der Waals surface area (Å²) < 4.78 is 0. The van der Waals surface area contributed by atoms with Gasteiger partial charge in [0.1, 0.15) is 0 Å². The maximum Gasteiger partial charge on any atom is 0.0254 e. The average Bonchev–Trinajstić information content (AvgIpc) is 2.22. The molecule has 1 aromatic rings. The van der Waals surface area contributed by atoms with E-state index in [0.717, 1.165) is 25.2 Å². The van der Waals surface area contributed by atoms with Crippen LogP contribution in [-0.4, -0.2) is 30.1 Å². The third-order valence-electron chi connectivity index (χ3n) is 3.74.